The molecule has 0 aliphatic carbocycles. The van der Waals surface area contributed by atoms with Crippen molar-refractivity contribution < 1.29 is 9.53 Å². The van der Waals surface area contributed by atoms with Crippen LogP contribution >= 0.6 is 0 Å². The number of nitrogens with zero attached hydrogens (tertiary/aromatic N) is 2. The van der Waals surface area contributed by atoms with Crippen molar-refractivity contribution in [3.05, 3.63) is 65.9 Å². The minimum absolute atomic E-state index is 0.0979. The zero-order valence-corrected chi connectivity index (χ0v) is 14.9. The molecule has 0 saturated carbocycles. The number of nitrogens with one attached hydrogen (secondary N) is 1. The Morgan fingerprint density at radius 1 is 1.08 bits per heavy atom. The van der Waals surface area contributed by atoms with Crippen molar-refractivity contribution in [2.45, 2.75) is 6.54 Å². The standard InChI is InChI=1S/C21H23N3O2/c1-26-17-7-8-18-19(14-22-20(18)13-17)21(25)24-11-9-23(10-12-24)15-16-5-3-2-4-6-16/h2-8,13-14,22H,9-12,15H2,1H3. The molecular formula is C21H23N3O2. The molecule has 1 saturated heterocycles. The third kappa shape index (κ3) is 3.30. The van der Waals surface area contributed by atoms with Gasteiger partial charge in [0.1, 0.15) is 5.75 Å². The Hall–Kier alpha value is -2.79. The maximum atomic E-state index is 13.0. The van der Waals surface area contributed by atoms with Crippen LogP contribution in [0.1, 0.15) is 15.9 Å². The second-order valence-corrected chi connectivity index (χ2v) is 6.67. The normalized spacial score (nSPS) is 15.3. The van der Waals surface area contributed by atoms with Gasteiger partial charge in [-0.2, -0.15) is 0 Å². The van der Waals surface area contributed by atoms with Crippen LogP contribution in [-0.2, 0) is 6.54 Å². The number of methoxy groups -OCH3 is 1. The molecule has 0 spiro atoms. The molecule has 26 heavy (non-hydrogen) atoms. The quantitative estimate of drug-likeness (QED) is 0.787. The minimum atomic E-state index is 0.0979. The Morgan fingerprint density at radius 2 is 1.85 bits per heavy atom. The Kier molecular flexibility index (Phi) is 4.63. The van der Waals surface area contributed by atoms with E-state index in [4.69, 9.17) is 4.74 Å². The summed E-state index contributed by atoms with van der Waals surface area (Å²) < 4.78 is 5.25. The van der Waals surface area contributed by atoms with E-state index in [9.17, 15) is 4.79 Å². The maximum absolute atomic E-state index is 13.0. The summed E-state index contributed by atoms with van der Waals surface area (Å²) in [6.07, 6.45) is 1.81. The van der Waals surface area contributed by atoms with Gasteiger partial charge in [0.15, 0.2) is 0 Å². The van der Waals surface area contributed by atoms with Gasteiger partial charge in [0.25, 0.3) is 5.91 Å². The molecule has 1 amide bonds. The van der Waals surface area contributed by atoms with Gasteiger partial charge in [-0.3, -0.25) is 9.69 Å². The number of piperazine rings is 1. The zero-order valence-electron chi connectivity index (χ0n) is 14.9. The highest BCUT2D eigenvalue weighted by molar-refractivity contribution is 6.07. The Labute approximate surface area is 153 Å². The molecule has 1 N–H and O–H groups in total. The number of aromatic amines is 1. The first-order valence-electron chi connectivity index (χ1n) is 8.95. The Bertz CT molecular complexity index is 896. The summed E-state index contributed by atoms with van der Waals surface area (Å²) in [5.41, 5.74) is 2.98. The lowest BCUT2D eigenvalue weighted by molar-refractivity contribution is 0.0630. The molecule has 0 radical (unpaired) electrons. The molecule has 1 aromatic heterocycles. The van der Waals surface area contributed by atoms with Crippen LogP contribution in [0.5, 0.6) is 5.75 Å². The van der Waals surface area contributed by atoms with E-state index in [1.807, 2.05) is 35.4 Å². The Balaban J connectivity index is 1.42. The molecule has 0 bridgehead atoms. The fourth-order valence-corrected chi connectivity index (χ4v) is 3.53. The number of aromatic nitrogens is 1. The highest BCUT2D eigenvalue weighted by atomic mass is 16.5. The van der Waals surface area contributed by atoms with E-state index >= 15 is 0 Å². The molecule has 1 fully saturated rings. The summed E-state index contributed by atoms with van der Waals surface area (Å²) in [6.45, 7) is 4.26. The van der Waals surface area contributed by atoms with E-state index in [-0.39, 0.29) is 5.91 Å². The number of carbonyl (C=O) groups excluding carboxylic acids is 1. The molecule has 1 aliphatic rings. The summed E-state index contributed by atoms with van der Waals surface area (Å²) in [6, 6.07) is 16.2. The predicted octanol–water partition coefficient (Wildman–Crippen LogP) is 3.13. The third-order valence-corrected chi connectivity index (χ3v) is 5.03. The van der Waals surface area contributed by atoms with Gasteiger partial charge in [0, 0.05) is 55.9 Å². The summed E-state index contributed by atoms with van der Waals surface area (Å²) in [5, 5.41) is 0.947. The van der Waals surface area contributed by atoms with Crippen molar-refractivity contribution in [3.63, 3.8) is 0 Å². The number of hydrogen-bond acceptors (Lipinski definition) is 3. The third-order valence-electron chi connectivity index (χ3n) is 5.03. The van der Waals surface area contributed by atoms with Crippen molar-refractivity contribution in [2.75, 3.05) is 33.3 Å². The predicted molar refractivity (Wildman–Crippen MR) is 102 cm³/mol. The summed E-state index contributed by atoms with van der Waals surface area (Å²) in [4.78, 5) is 20.5. The summed E-state index contributed by atoms with van der Waals surface area (Å²) >= 11 is 0. The van der Waals surface area contributed by atoms with Crippen LogP contribution in [0.4, 0.5) is 0 Å². The first kappa shape index (κ1) is 16.7. The highest BCUT2D eigenvalue weighted by Crippen LogP contribution is 2.24. The second kappa shape index (κ2) is 7.22. The number of hydrogen-bond donors (Lipinski definition) is 1. The van der Waals surface area contributed by atoms with Gasteiger partial charge in [0.05, 0.1) is 12.7 Å². The van der Waals surface area contributed by atoms with Crippen molar-refractivity contribution >= 4 is 16.8 Å². The van der Waals surface area contributed by atoms with E-state index in [0.717, 1.165) is 54.9 Å². The lowest BCUT2D eigenvalue weighted by Crippen LogP contribution is -2.48. The molecule has 5 nitrogen and oxygen atoms in total. The maximum Gasteiger partial charge on any atom is 0.256 e. The first-order chi connectivity index (χ1) is 12.7. The molecular weight excluding hydrogens is 326 g/mol. The van der Waals surface area contributed by atoms with Gasteiger partial charge in [-0.05, 0) is 17.7 Å². The van der Waals surface area contributed by atoms with Gasteiger partial charge in [-0.1, -0.05) is 30.3 Å². The minimum Gasteiger partial charge on any atom is -0.497 e. The lowest BCUT2D eigenvalue weighted by Gasteiger charge is -2.34. The van der Waals surface area contributed by atoms with Gasteiger partial charge in [-0.25, -0.2) is 0 Å². The van der Waals surface area contributed by atoms with Crippen LogP contribution in [-0.4, -0.2) is 54.0 Å². The van der Waals surface area contributed by atoms with Gasteiger partial charge >= 0.3 is 0 Å². The highest BCUT2D eigenvalue weighted by Gasteiger charge is 2.24. The van der Waals surface area contributed by atoms with Crippen molar-refractivity contribution in [2.24, 2.45) is 0 Å². The molecule has 0 unspecified atom stereocenters. The van der Waals surface area contributed by atoms with Crippen LogP contribution in [0.3, 0.4) is 0 Å². The number of amides is 1. The van der Waals surface area contributed by atoms with E-state index in [1.165, 1.54) is 5.56 Å². The monoisotopic (exact) mass is 349 g/mol. The molecule has 0 atom stereocenters. The zero-order chi connectivity index (χ0) is 17.9. The second-order valence-electron chi connectivity index (χ2n) is 6.67. The number of benzene rings is 2. The number of carbonyl (C=O) groups is 1. The first-order valence-corrected chi connectivity index (χ1v) is 8.95. The summed E-state index contributed by atoms with van der Waals surface area (Å²) in [5.74, 6) is 0.883. The van der Waals surface area contributed by atoms with Crippen molar-refractivity contribution in [3.8, 4) is 5.75 Å². The lowest BCUT2D eigenvalue weighted by atomic mass is 10.1. The van der Waals surface area contributed by atoms with Gasteiger partial charge in [0.2, 0.25) is 0 Å². The van der Waals surface area contributed by atoms with E-state index in [1.54, 1.807) is 7.11 Å². The molecule has 2 aromatic carbocycles. The SMILES string of the molecule is COc1ccc2c(C(=O)N3CCN(Cc4ccccc4)CC3)c[nH]c2c1. The van der Waals surface area contributed by atoms with Crippen molar-refractivity contribution in [1.82, 2.24) is 14.8 Å². The van der Waals surface area contributed by atoms with E-state index < -0.39 is 0 Å². The van der Waals surface area contributed by atoms with Crippen molar-refractivity contribution in [1.29, 1.82) is 0 Å². The van der Waals surface area contributed by atoms with Crippen LogP contribution in [0.2, 0.25) is 0 Å². The van der Waals surface area contributed by atoms with Crippen LogP contribution < -0.4 is 4.74 Å². The van der Waals surface area contributed by atoms with Gasteiger partial charge in [-0.15, -0.1) is 0 Å². The summed E-state index contributed by atoms with van der Waals surface area (Å²) in [7, 11) is 1.64. The fourth-order valence-electron chi connectivity index (χ4n) is 3.53. The molecule has 4 rings (SSSR count). The molecule has 1 aliphatic heterocycles. The average Bonchev–Trinajstić information content (AvgIpc) is 3.12. The number of ether oxygens (including phenoxy) is 1. The average molecular weight is 349 g/mol. The fraction of sp³-hybridized carbons (Fsp3) is 0.286. The number of fused-ring (bicyclic) bond motifs is 1. The number of rotatable bonds is 4. The van der Waals surface area contributed by atoms with Crippen LogP contribution in [0, 0.1) is 0 Å². The topological polar surface area (TPSA) is 48.6 Å². The molecule has 2 heterocycles. The molecule has 134 valence electrons. The number of H-pyrrole nitrogens is 1. The van der Waals surface area contributed by atoms with E-state index in [0.29, 0.717) is 0 Å². The smallest absolute Gasteiger partial charge is 0.256 e. The van der Waals surface area contributed by atoms with Gasteiger partial charge < -0.3 is 14.6 Å². The van der Waals surface area contributed by atoms with Crippen LogP contribution in [0.25, 0.3) is 10.9 Å². The Morgan fingerprint density at radius 3 is 2.58 bits per heavy atom. The molecule has 5 heteroatoms. The van der Waals surface area contributed by atoms with E-state index in [2.05, 4.69) is 34.1 Å². The van der Waals surface area contributed by atoms with Crippen LogP contribution in [0.15, 0.2) is 54.7 Å². The largest absolute Gasteiger partial charge is 0.497 e. The molecule has 3 aromatic rings.